The van der Waals surface area contributed by atoms with E-state index in [2.05, 4.69) is 28.9 Å². The van der Waals surface area contributed by atoms with Crippen molar-refractivity contribution in [2.45, 2.75) is 46.7 Å². The van der Waals surface area contributed by atoms with Gasteiger partial charge in [-0.3, -0.25) is 4.79 Å². The average molecular weight is 472 g/mol. The van der Waals surface area contributed by atoms with Crippen molar-refractivity contribution in [1.82, 2.24) is 14.9 Å². The number of para-hydroxylation sites is 2. The average Bonchev–Trinajstić information content (AvgIpc) is 3.21. The number of imidazole rings is 1. The van der Waals surface area contributed by atoms with Crippen molar-refractivity contribution in [3.8, 4) is 11.5 Å². The van der Waals surface area contributed by atoms with E-state index in [-0.39, 0.29) is 18.6 Å². The molecule has 0 saturated carbocycles. The van der Waals surface area contributed by atoms with Crippen LogP contribution in [0, 0.1) is 20.8 Å². The van der Waals surface area contributed by atoms with Crippen LogP contribution in [0.25, 0.3) is 11.0 Å². The molecule has 6 nitrogen and oxygen atoms in total. The quantitative estimate of drug-likeness (QED) is 0.302. The van der Waals surface area contributed by atoms with Crippen molar-refractivity contribution in [2.24, 2.45) is 0 Å². The third-order valence-corrected chi connectivity index (χ3v) is 5.94. The van der Waals surface area contributed by atoms with E-state index in [9.17, 15) is 4.79 Å². The second-order valence-corrected chi connectivity index (χ2v) is 8.98. The number of rotatable bonds is 10. The van der Waals surface area contributed by atoms with Crippen LogP contribution in [0.1, 0.15) is 41.9 Å². The number of amides is 1. The summed E-state index contributed by atoms with van der Waals surface area (Å²) in [5.74, 6) is 2.25. The van der Waals surface area contributed by atoms with Gasteiger partial charge in [-0.05, 0) is 81.1 Å². The zero-order chi connectivity index (χ0) is 24.8. The normalized spacial score (nSPS) is 11.9. The lowest BCUT2D eigenvalue weighted by molar-refractivity contribution is -0.123. The van der Waals surface area contributed by atoms with E-state index in [1.165, 1.54) is 5.56 Å². The Morgan fingerprint density at radius 1 is 0.971 bits per heavy atom. The Kier molecular flexibility index (Phi) is 7.70. The number of aromatic nitrogens is 2. The molecule has 0 spiro atoms. The van der Waals surface area contributed by atoms with Gasteiger partial charge in [-0.2, -0.15) is 0 Å². The van der Waals surface area contributed by atoms with Gasteiger partial charge in [-0.25, -0.2) is 4.98 Å². The highest BCUT2D eigenvalue weighted by molar-refractivity contribution is 5.79. The fourth-order valence-corrected chi connectivity index (χ4v) is 4.13. The Balaban J connectivity index is 1.40. The minimum atomic E-state index is -0.269. The standard InChI is InChI=1S/C29H33N3O3/c1-20-9-7-10-24(17-20)34-16-8-15-32-26-12-6-5-11-25(26)31-29(32)23(4)30-28(33)19-35-27-18-21(2)13-14-22(27)3/h5-7,9-14,17-18,23H,8,15-16,19H2,1-4H3,(H,30,33). The summed E-state index contributed by atoms with van der Waals surface area (Å²) in [4.78, 5) is 17.5. The maximum Gasteiger partial charge on any atom is 0.258 e. The van der Waals surface area contributed by atoms with Gasteiger partial charge in [0.05, 0.1) is 23.7 Å². The van der Waals surface area contributed by atoms with Crippen molar-refractivity contribution in [3.63, 3.8) is 0 Å². The van der Waals surface area contributed by atoms with E-state index in [4.69, 9.17) is 14.5 Å². The molecule has 4 aromatic rings. The molecule has 6 heteroatoms. The SMILES string of the molecule is Cc1cccc(OCCCn2c(C(C)NC(=O)COc3cc(C)ccc3C)nc3ccccc32)c1. The van der Waals surface area contributed by atoms with E-state index < -0.39 is 0 Å². The first-order valence-corrected chi connectivity index (χ1v) is 12.0. The summed E-state index contributed by atoms with van der Waals surface area (Å²) in [5.41, 5.74) is 5.24. The van der Waals surface area contributed by atoms with E-state index >= 15 is 0 Å². The molecular weight excluding hydrogens is 438 g/mol. The van der Waals surface area contributed by atoms with E-state index in [0.29, 0.717) is 6.61 Å². The largest absolute Gasteiger partial charge is 0.494 e. The second kappa shape index (κ2) is 11.1. The monoisotopic (exact) mass is 471 g/mol. The molecule has 1 unspecified atom stereocenters. The second-order valence-electron chi connectivity index (χ2n) is 8.98. The molecule has 1 atom stereocenters. The zero-order valence-electron chi connectivity index (χ0n) is 20.9. The summed E-state index contributed by atoms with van der Waals surface area (Å²) in [5, 5.41) is 3.05. The van der Waals surface area contributed by atoms with Crippen LogP contribution in [0.3, 0.4) is 0 Å². The summed E-state index contributed by atoms with van der Waals surface area (Å²) in [6.45, 7) is 9.28. The summed E-state index contributed by atoms with van der Waals surface area (Å²) >= 11 is 0. The summed E-state index contributed by atoms with van der Waals surface area (Å²) in [6.07, 6.45) is 0.817. The number of benzene rings is 3. The van der Waals surface area contributed by atoms with Gasteiger partial charge in [0, 0.05) is 6.54 Å². The lowest BCUT2D eigenvalue weighted by atomic mass is 10.1. The molecule has 0 aliphatic heterocycles. The van der Waals surface area contributed by atoms with Gasteiger partial charge in [0.25, 0.3) is 5.91 Å². The zero-order valence-corrected chi connectivity index (χ0v) is 20.9. The van der Waals surface area contributed by atoms with Gasteiger partial charge in [0.2, 0.25) is 0 Å². The highest BCUT2D eigenvalue weighted by atomic mass is 16.5. The summed E-state index contributed by atoms with van der Waals surface area (Å²) in [6, 6.07) is 21.8. The molecule has 0 radical (unpaired) electrons. The highest BCUT2D eigenvalue weighted by Crippen LogP contribution is 2.22. The first-order valence-electron chi connectivity index (χ1n) is 12.0. The van der Waals surface area contributed by atoms with Crippen molar-refractivity contribution < 1.29 is 14.3 Å². The maximum atomic E-state index is 12.7. The predicted octanol–water partition coefficient (Wildman–Crippen LogP) is 5.69. The van der Waals surface area contributed by atoms with Gasteiger partial charge in [0.1, 0.15) is 17.3 Å². The number of carbonyl (C=O) groups is 1. The molecule has 3 aromatic carbocycles. The van der Waals surface area contributed by atoms with Crippen molar-refractivity contribution in [2.75, 3.05) is 13.2 Å². The van der Waals surface area contributed by atoms with Crippen LogP contribution in [0.15, 0.2) is 66.7 Å². The molecule has 1 amide bonds. The lowest BCUT2D eigenvalue weighted by Gasteiger charge is -2.17. The van der Waals surface area contributed by atoms with Crippen LogP contribution in [-0.4, -0.2) is 28.7 Å². The molecule has 182 valence electrons. The van der Waals surface area contributed by atoms with Crippen LogP contribution in [0.5, 0.6) is 11.5 Å². The topological polar surface area (TPSA) is 65.4 Å². The Morgan fingerprint density at radius 2 is 1.77 bits per heavy atom. The van der Waals surface area contributed by atoms with Crippen molar-refractivity contribution in [3.05, 3.63) is 89.2 Å². The molecular formula is C29H33N3O3. The maximum absolute atomic E-state index is 12.7. The highest BCUT2D eigenvalue weighted by Gasteiger charge is 2.19. The summed E-state index contributed by atoms with van der Waals surface area (Å²) < 4.78 is 13.9. The fourth-order valence-electron chi connectivity index (χ4n) is 4.13. The lowest BCUT2D eigenvalue weighted by Crippen LogP contribution is -2.32. The number of nitrogens with one attached hydrogen (secondary N) is 1. The molecule has 1 N–H and O–H groups in total. The third kappa shape index (κ3) is 6.21. The minimum Gasteiger partial charge on any atom is -0.494 e. The predicted molar refractivity (Wildman–Crippen MR) is 139 cm³/mol. The van der Waals surface area contributed by atoms with Gasteiger partial charge < -0.3 is 19.4 Å². The Labute approximate surface area is 206 Å². The third-order valence-electron chi connectivity index (χ3n) is 5.94. The molecule has 4 rings (SSSR count). The molecule has 0 bridgehead atoms. The molecule has 0 aliphatic rings. The van der Waals surface area contributed by atoms with Crippen molar-refractivity contribution in [1.29, 1.82) is 0 Å². The van der Waals surface area contributed by atoms with Gasteiger partial charge in [-0.1, -0.05) is 36.4 Å². The molecule has 0 aliphatic carbocycles. The number of hydrogen-bond acceptors (Lipinski definition) is 4. The number of fused-ring (bicyclic) bond motifs is 1. The molecule has 0 saturated heterocycles. The van der Waals surface area contributed by atoms with Crippen LogP contribution in [-0.2, 0) is 11.3 Å². The number of ether oxygens (including phenoxy) is 2. The minimum absolute atomic E-state index is 0.0425. The first kappa shape index (κ1) is 24.3. The number of hydrogen-bond donors (Lipinski definition) is 1. The number of nitrogens with zero attached hydrogens (tertiary/aromatic N) is 2. The molecule has 1 aromatic heterocycles. The van der Waals surface area contributed by atoms with Crippen molar-refractivity contribution >= 4 is 16.9 Å². The first-order chi connectivity index (χ1) is 16.9. The van der Waals surface area contributed by atoms with E-state index in [1.807, 2.05) is 75.4 Å². The van der Waals surface area contributed by atoms with Gasteiger partial charge >= 0.3 is 0 Å². The van der Waals surface area contributed by atoms with Gasteiger partial charge in [0.15, 0.2) is 6.61 Å². The van der Waals surface area contributed by atoms with Gasteiger partial charge in [-0.15, -0.1) is 0 Å². The van der Waals surface area contributed by atoms with E-state index in [1.54, 1.807) is 0 Å². The summed E-state index contributed by atoms with van der Waals surface area (Å²) in [7, 11) is 0. The molecule has 0 fully saturated rings. The number of aryl methyl sites for hydroxylation is 4. The smallest absolute Gasteiger partial charge is 0.258 e. The van der Waals surface area contributed by atoms with E-state index in [0.717, 1.165) is 52.4 Å². The van der Waals surface area contributed by atoms with Crippen LogP contribution < -0.4 is 14.8 Å². The Bertz CT molecular complexity index is 1310. The van der Waals surface area contributed by atoms with Crippen LogP contribution in [0.2, 0.25) is 0 Å². The Morgan fingerprint density at radius 3 is 2.60 bits per heavy atom. The van der Waals surface area contributed by atoms with Crippen LogP contribution >= 0.6 is 0 Å². The van der Waals surface area contributed by atoms with Crippen LogP contribution in [0.4, 0.5) is 0 Å². The molecule has 1 heterocycles. The fraction of sp³-hybridized carbons (Fsp3) is 0.310. The Hall–Kier alpha value is -3.80. The number of carbonyl (C=O) groups excluding carboxylic acids is 1. The molecule has 35 heavy (non-hydrogen) atoms.